The van der Waals surface area contributed by atoms with Crippen LogP contribution in [0.2, 0.25) is 0 Å². The third-order valence-corrected chi connectivity index (χ3v) is 1.00. The van der Waals surface area contributed by atoms with E-state index < -0.39 is 31.0 Å². The minimum atomic E-state index is -1.24. The Kier molecular flexibility index (Phi) is 63.7. The van der Waals surface area contributed by atoms with Crippen LogP contribution in [0.15, 0.2) is 0 Å². The van der Waals surface area contributed by atoms with Crippen LogP contribution < -0.4 is 59.1 Å². The molecule has 0 spiro atoms. The molecule has 0 amide bonds. The number of hydrogen-bond donors (Lipinski definition) is 0. The van der Waals surface area contributed by atoms with Crippen molar-refractivity contribution in [3.63, 3.8) is 0 Å². The molecule has 0 saturated carbocycles. The van der Waals surface area contributed by atoms with Gasteiger partial charge in [0.15, 0.2) is 0 Å². The predicted molar refractivity (Wildman–Crippen MR) is 14.7 cm³/mol. The summed E-state index contributed by atoms with van der Waals surface area (Å²) >= 11 is -2.48. The van der Waals surface area contributed by atoms with Crippen LogP contribution in [0.1, 0.15) is 0 Å². The second kappa shape index (κ2) is 22.7. The van der Waals surface area contributed by atoms with Gasteiger partial charge in [0.05, 0.1) is 0 Å². The van der Waals surface area contributed by atoms with Gasteiger partial charge < -0.3 is 5.48 Å². The third kappa shape index (κ3) is 23.7. The molecule has 32 valence electrons. The zero-order valence-corrected chi connectivity index (χ0v) is 11.1. The van der Waals surface area contributed by atoms with Crippen LogP contribution in [0.25, 0.3) is 0 Å². The monoisotopic (exact) mass is 164 g/mol. The van der Waals surface area contributed by atoms with Gasteiger partial charge in [0.1, 0.15) is 0 Å². The molecule has 0 unspecified atom stereocenters. The van der Waals surface area contributed by atoms with Crippen LogP contribution in [-0.4, -0.2) is 31.0 Å². The van der Waals surface area contributed by atoms with Gasteiger partial charge in [0.2, 0.25) is 0 Å². The molecular weight excluding hydrogens is 164 g/mol. The van der Waals surface area contributed by atoms with Crippen molar-refractivity contribution >= 4 is 31.0 Å². The molecule has 0 bridgehead atoms. The van der Waals surface area contributed by atoms with Gasteiger partial charge >= 0.3 is 101 Å². The Bertz CT molecular complexity index is 41.3. The average Bonchev–Trinajstić information content (AvgIpc) is 1.41. The average molecular weight is 164 g/mol. The second-order valence-corrected chi connectivity index (χ2v) is 1.80. The Balaban J connectivity index is -0.0000000267. The Morgan fingerprint density at radius 1 is 1.00 bits per heavy atom. The van der Waals surface area contributed by atoms with E-state index in [1.54, 1.807) is 0 Å². The Morgan fingerprint density at radius 2 is 1.25 bits per heavy atom. The van der Waals surface area contributed by atoms with Crippen molar-refractivity contribution in [2.24, 2.45) is 0 Å². The molecule has 0 aliphatic carbocycles. The summed E-state index contributed by atoms with van der Waals surface area (Å²) in [5.41, 5.74) is 0. The first-order valence-corrected chi connectivity index (χ1v) is 2.83. The number of rotatable bonds is 2. The zero-order chi connectivity index (χ0) is 4.12. The summed E-state index contributed by atoms with van der Waals surface area (Å²) in [6.45, 7) is 0. The molecule has 0 saturated heterocycles. The van der Waals surface area contributed by atoms with E-state index in [1.807, 2.05) is 0 Å². The Labute approximate surface area is 104 Å². The van der Waals surface area contributed by atoms with Crippen molar-refractivity contribution in [2.75, 3.05) is 0 Å². The molecule has 0 aliphatic heterocycles. The summed E-state index contributed by atoms with van der Waals surface area (Å²) in [5, 5.41) is 0. The van der Waals surface area contributed by atoms with Crippen molar-refractivity contribution in [2.45, 2.75) is 0 Å². The van der Waals surface area contributed by atoms with Crippen molar-refractivity contribution in [1.82, 2.24) is 0 Å². The molecule has 0 aromatic heterocycles. The first-order chi connectivity index (χ1) is 2.41. The van der Waals surface area contributed by atoms with Gasteiger partial charge in [0.25, 0.3) is 0 Å². The summed E-state index contributed by atoms with van der Waals surface area (Å²) in [4.78, 5) is 0. The normalized spacial score (nSPS) is 2.50. The molecule has 0 fully saturated rings. The van der Waals surface area contributed by atoms with Gasteiger partial charge in [-0.15, -0.1) is 0 Å². The predicted octanol–water partition coefficient (Wildman–Crippen LogP) is -7.18. The molecule has 0 radical (unpaired) electrons. The van der Waals surface area contributed by atoms with Gasteiger partial charge in [0, 0.05) is 0 Å². The maximum absolute atomic E-state index is 9.21. The van der Waals surface area contributed by atoms with Crippen LogP contribution in [0.3, 0.4) is 0 Å². The quantitative estimate of drug-likeness (QED) is 0.380. The first-order valence-electron chi connectivity index (χ1n) is 0.943. The molecule has 8 heavy (non-hydrogen) atoms. The molecule has 0 aromatic rings. The topological polar surface area (TPSA) is 71.9 Å². The zero-order valence-electron chi connectivity index (χ0n) is 4.79. The van der Waals surface area contributed by atoms with E-state index in [-0.39, 0.29) is 64.6 Å². The van der Waals surface area contributed by atoms with Gasteiger partial charge in [-0.2, -0.15) is 0 Å². The summed E-state index contributed by atoms with van der Waals surface area (Å²) in [5.74, 6) is 0. The molecule has 0 rings (SSSR count). The summed E-state index contributed by atoms with van der Waals surface area (Å²) < 4.78 is 22.3. The molecule has 4 nitrogen and oxygen atoms in total. The first kappa shape index (κ1) is 22.4. The molecule has 0 atom stereocenters. The molecule has 8 heteroatoms. The SMILES string of the molecule is [Na+].[Na+].[O-2].[O]=[Al][O][Al]=[O]. The second-order valence-electron chi connectivity index (χ2n) is 0.329. The van der Waals surface area contributed by atoms with E-state index in [0.29, 0.717) is 0 Å². The van der Waals surface area contributed by atoms with Crippen molar-refractivity contribution in [3.8, 4) is 0 Å². The fourth-order valence-electron chi connectivity index (χ4n) is 0.0227. The summed E-state index contributed by atoms with van der Waals surface area (Å²) in [6.07, 6.45) is 0. The standard InChI is InChI=1S/2Al.2Na.4O/q;;2*+1;;;;-2. The minimum absolute atomic E-state index is 0. The van der Waals surface area contributed by atoms with Gasteiger partial charge in [-0.1, -0.05) is 0 Å². The van der Waals surface area contributed by atoms with Gasteiger partial charge in [-0.25, -0.2) is 0 Å². The van der Waals surface area contributed by atoms with Crippen molar-refractivity contribution < 1.29 is 75.0 Å². The molecular formula is Al2Na2O4. The Morgan fingerprint density at radius 3 is 1.25 bits per heavy atom. The van der Waals surface area contributed by atoms with E-state index >= 15 is 0 Å². The van der Waals surface area contributed by atoms with Gasteiger partial charge in [-0.3, -0.25) is 0 Å². The van der Waals surface area contributed by atoms with Crippen LogP contribution in [0.4, 0.5) is 0 Å². The van der Waals surface area contributed by atoms with E-state index in [1.165, 1.54) is 0 Å². The maximum atomic E-state index is 9.21. The van der Waals surface area contributed by atoms with Crippen LogP contribution in [-0.2, 0) is 15.9 Å². The van der Waals surface area contributed by atoms with Crippen LogP contribution in [0.5, 0.6) is 0 Å². The summed E-state index contributed by atoms with van der Waals surface area (Å²) in [6, 6.07) is 0. The molecule has 0 aromatic carbocycles. The van der Waals surface area contributed by atoms with Crippen molar-refractivity contribution in [1.29, 1.82) is 0 Å². The van der Waals surface area contributed by atoms with E-state index in [2.05, 4.69) is 2.84 Å². The Hall–Kier alpha value is 2.42. The van der Waals surface area contributed by atoms with Gasteiger partial charge in [-0.05, 0) is 0 Å². The fourth-order valence-corrected chi connectivity index (χ4v) is 0.204. The molecule has 0 aliphatic rings. The molecule has 0 heterocycles. The van der Waals surface area contributed by atoms with E-state index in [9.17, 15) is 7.61 Å². The van der Waals surface area contributed by atoms with E-state index in [0.717, 1.165) is 0 Å². The van der Waals surface area contributed by atoms with Crippen LogP contribution in [0, 0.1) is 0 Å². The number of hydrogen-bond acceptors (Lipinski definition) is 3. The fraction of sp³-hybridized carbons (Fsp3) is 0. The molecule has 0 N–H and O–H groups in total. The third-order valence-electron chi connectivity index (χ3n) is 0.111. The summed E-state index contributed by atoms with van der Waals surface area (Å²) in [7, 11) is 0. The van der Waals surface area contributed by atoms with E-state index in [4.69, 9.17) is 0 Å². The van der Waals surface area contributed by atoms with Crippen molar-refractivity contribution in [3.05, 3.63) is 0 Å². The van der Waals surface area contributed by atoms with Crippen LogP contribution >= 0.6 is 0 Å².